The smallest absolute Gasteiger partial charge is 0.000705 e. The highest BCUT2D eigenvalue weighted by atomic mass is 14.3. The zero-order valence-corrected chi connectivity index (χ0v) is 23.7. The minimum atomic E-state index is 0.940. The molecule has 0 saturated heterocycles. The lowest BCUT2D eigenvalue weighted by Crippen LogP contribution is -1.95. The summed E-state index contributed by atoms with van der Waals surface area (Å²) in [5, 5.41) is 7.76. The molecule has 9 rings (SSSR count). The van der Waals surface area contributed by atoms with E-state index in [0.29, 0.717) is 0 Å². The number of fused-ring (bicyclic) bond motifs is 6. The molecule has 1 aliphatic carbocycles. The average molecular weight is 545 g/mol. The van der Waals surface area contributed by atoms with E-state index in [9.17, 15) is 0 Å². The number of benzene rings is 8. The molecular weight excluding hydrogens is 516 g/mol. The largest absolute Gasteiger partial charge is 0.0622 e. The molecule has 0 spiro atoms. The summed E-state index contributed by atoms with van der Waals surface area (Å²) in [4.78, 5) is 0. The van der Waals surface area contributed by atoms with Crippen LogP contribution in [0, 0.1) is 0 Å². The van der Waals surface area contributed by atoms with Crippen LogP contribution in [0.25, 0.3) is 76.8 Å². The van der Waals surface area contributed by atoms with E-state index in [1.165, 1.54) is 88.0 Å². The lowest BCUT2D eigenvalue weighted by molar-refractivity contribution is 1.27. The van der Waals surface area contributed by atoms with E-state index < -0.39 is 0 Å². The molecule has 8 aromatic rings. The summed E-state index contributed by atoms with van der Waals surface area (Å²) in [6.07, 6.45) is 0.940. The fraction of sp³-hybridized carbons (Fsp3) is 0.0233. The molecule has 0 saturated carbocycles. The SMILES string of the molecule is c1ccc(-c2c3ccccc3c(-c3ccc(-c4cccc5ccccc45)c4c3-c3ccccc3C4)c3ccccc23)cc1. The van der Waals surface area contributed by atoms with Crippen molar-refractivity contribution >= 4 is 32.3 Å². The van der Waals surface area contributed by atoms with Gasteiger partial charge < -0.3 is 0 Å². The van der Waals surface area contributed by atoms with Crippen LogP contribution in [0.2, 0.25) is 0 Å². The van der Waals surface area contributed by atoms with E-state index in [4.69, 9.17) is 0 Å². The molecule has 0 unspecified atom stereocenters. The van der Waals surface area contributed by atoms with Crippen LogP contribution in [0.5, 0.6) is 0 Å². The van der Waals surface area contributed by atoms with E-state index in [1.807, 2.05) is 0 Å². The van der Waals surface area contributed by atoms with Gasteiger partial charge in [0.2, 0.25) is 0 Å². The molecule has 0 aromatic heterocycles. The highest BCUT2D eigenvalue weighted by Crippen LogP contribution is 2.51. The van der Waals surface area contributed by atoms with E-state index >= 15 is 0 Å². The summed E-state index contributed by atoms with van der Waals surface area (Å²) in [7, 11) is 0. The van der Waals surface area contributed by atoms with E-state index in [1.54, 1.807) is 0 Å². The van der Waals surface area contributed by atoms with Gasteiger partial charge in [-0.15, -0.1) is 0 Å². The van der Waals surface area contributed by atoms with Crippen LogP contribution in [0.15, 0.2) is 158 Å². The zero-order chi connectivity index (χ0) is 28.3. The Labute approximate surface area is 251 Å². The third kappa shape index (κ3) is 3.63. The zero-order valence-electron chi connectivity index (χ0n) is 23.7. The van der Waals surface area contributed by atoms with Crippen molar-refractivity contribution in [3.05, 3.63) is 169 Å². The second kappa shape index (κ2) is 9.54. The first-order valence-electron chi connectivity index (χ1n) is 15.1. The van der Waals surface area contributed by atoms with E-state index in [0.717, 1.165) is 6.42 Å². The van der Waals surface area contributed by atoms with Crippen molar-refractivity contribution in [2.75, 3.05) is 0 Å². The fourth-order valence-electron chi connectivity index (χ4n) is 7.50. The minimum absolute atomic E-state index is 0.940. The Hall–Kier alpha value is -5.46. The first kappa shape index (κ1) is 24.2. The first-order valence-corrected chi connectivity index (χ1v) is 15.1. The summed E-state index contributed by atoms with van der Waals surface area (Å²) in [6.45, 7) is 0. The maximum absolute atomic E-state index is 2.40. The van der Waals surface area contributed by atoms with Gasteiger partial charge in [0.25, 0.3) is 0 Å². The van der Waals surface area contributed by atoms with Crippen molar-refractivity contribution in [2.45, 2.75) is 6.42 Å². The molecule has 0 aliphatic heterocycles. The van der Waals surface area contributed by atoms with Crippen LogP contribution >= 0.6 is 0 Å². The van der Waals surface area contributed by atoms with Crippen LogP contribution in [-0.2, 0) is 6.42 Å². The van der Waals surface area contributed by atoms with Gasteiger partial charge in [0, 0.05) is 0 Å². The quantitative estimate of drug-likeness (QED) is 0.194. The van der Waals surface area contributed by atoms with E-state index in [-0.39, 0.29) is 0 Å². The van der Waals surface area contributed by atoms with Gasteiger partial charge in [-0.1, -0.05) is 158 Å². The molecule has 0 heteroatoms. The summed E-state index contributed by atoms with van der Waals surface area (Å²) >= 11 is 0. The Morgan fingerprint density at radius 3 is 1.58 bits per heavy atom. The van der Waals surface area contributed by atoms with Crippen molar-refractivity contribution in [1.29, 1.82) is 0 Å². The van der Waals surface area contributed by atoms with Gasteiger partial charge in [-0.2, -0.15) is 0 Å². The molecule has 0 bridgehead atoms. The van der Waals surface area contributed by atoms with Crippen molar-refractivity contribution in [3.8, 4) is 44.5 Å². The topological polar surface area (TPSA) is 0 Å². The van der Waals surface area contributed by atoms with Gasteiger partial charge >= 0.3 is 0 Å². The second-order valence-corrected chi connectivity index (χ2v) is 11.6. The van der Waals surface area contributed by atoms with Crippen molar-refractivity contribution in [2.24, 2.45) is 0 Å². The third-order valence-corrected chi connectivity index (χ3v) is 9.31. The predicted octanol–water partition coefficient (Wildman–Crippen LogP) is 11.7. The molecule has 43 heavy (non-hydrogen) atoms. The fourth-order valence-corrected chi connectivity index (χ4v) is 7.50. The normalized spacial score (nSPS) is 12.1. The van der Waals surface area contributed by atoms with Crippen LogP contribution in [0.1, 0.15) is 11.1 Å². The predicted molar refractivity (Wildman–Crippen MR) is 184 cm³/mol. The number of rotatable bonds is 3. The van der Waals surface area contributed by atoms with Crippen LogP contribution in [-0.4, -0.2) is 0 Å². The average Bonchev–Trinajstić information content (AvgIpc) is 3.47. The van der Waals surface area contributed by atoms with Crippen LogP contribution < -0.4 is 0 Å². The molecule has 0 atom stereocenters. The molecular formula is C43H28. The summed E-state index contributed by atoms with van der Waals surface area (Å²) in [5.74, 6) is 0. The molecule has 8 aromatic carbocycles. The maximum Gasteiger partial charge on any atom is -0.000705 e. The number of hydrogen-bond donors (Lipinski definition) is 0. The summed E-state index contributed by atoms with van der Waals surface area (Å²) in [5.41, 5.74) is 13.4. The van der Waals surface area contributed by atoms with Crippen LogP contribution in [0.4, 0.5) is 0 Å². The Kier molecular flexibility index (Phi) is 5.36. The lowest BCUT2D eigenvalue weighted by atomic mass is 9.82. The maximum atomic E-state index is 2.40. The molecule has 0 N–H and O–H groups in total. The summed E-state index contributed by atoms with van der Waals surface area (Å²) < 4.78 is 0. The Bertz CT molecular complexity index is 2300. The molecule has 0 heterocycles. The van der Waals surface area contributed by atoms with Gasteiger partial charge in [-0.05, 0) is 94.4 Å². The van der Waals surface area contributed by atoms with Crippen LogP contribution in [0.3, 0.4) is 0 Å². The standard InChI is InChI=1S/C43H28/c1-2-14-29(15-3-1)41-35-20-8-10-22-37(35)43(38-23-11-9-21-36(38)41)39-26-25-34(33-24-12-17-28-13-4-6-18-31(28)33)40-27-30-16-5-7-19-32(30)42(39)40/h1-26H,27H2. The molecule has 1 aliphatic rings. The molecule has 0 radical (unpaired) electrons. The molecule has 0 nitrogen and oxygen atoms in total. The van der Waals surface area contributed by atoms with Crippen molar-refractivity contribution in [1.82, 2.24) is 0 Å². The van der Waals surface area contributed by atoms with Gasteiger partial charge in [0.05, 0.1) is 0 Å². The second-order valence-electron chi connectivity index (χ2n) is 11.6. The van der Waals surface area contributed by atoms with Gasteiger partial charge in [0.1, 0.15) is 0 Å². The van der Waals surface area contributed by atoms with Gasteiger partial charge in [-0.3, -0.25) is 0 Å². The first-order chi connectivity index (χ1) is 21.4. The van der Waals surface area contributed by atoms with Crippen molar-refractivity contribution < 1.29 is 0 Å². The molecule has 0 fully saturated rings. The van der Waals surface area contributed by atoms with Crippen molar-refractivity contribution in [3.63, 3.8) is 0 Å². The summed E-state index contributed by atoms with van der Waals surface area (Å²) in [6, 6.07) is 58.1. The Balaban J connectivity index is 1.41. The molecule has 0 amide bonds. The minimum Gasteiger partial charge on any atom is -0.0622 e. The monoisotopic (exact) mass is 544 g/mol. The Morgan fingerprint density at radius 1 is 0.302 bits per heavy atom. The third-order valence-electron chi connectivity index (χ3n) is 9.31. The van der Waals surface area contributed by atoms with Gasteiger partial charge in [0.15, 0.2) is 0 Å². The van der Waals surface area contributed by atoms with E-state index in [2.05, 4.69) is 158 Å². The Morgan fingerprint density at radius 2 is 0.837 bits per heavy atom. The van der Waals surface area contributed by atoms with Gasteiger partial charge in [-0.25, -0.2) is 0 Å². The highest BCUT2D eigenvalue weighted by molar-refractivity contribution is 6.23. The lowest BCUT2D eigenvalue weighted by Gasteiger charge is -2.21. The molecule has 200 valence electrons. The number of hydrogen-bond acceptors (Lipinski definition) is 0. The highest BCUT2D eigenvalue weighted by Gasteiger charge is 2.27.